The van der Waals surface area contributed by atoms with E-state index in [0.717, 1.165) is 11.1 Å². The van der Waals surface area contributed by atoms with E-state index >= 15 is 0 Å². The topological polar surface area (TPSA) is 52.0 Å². The van der Waals surface area contributed by atoms with Crippen LogP contribution < -0.4 is 11.5 Å². The van der Waals surface area contributed by atoms with Crippen LogP contribution in [0.3, 0.4) is 0 Å². The van der Waals surface area contributed by atoms with Crippen LogP contribution in [-0.2, 0) is 0 Å². The quantitative estimate of drug-likeness (QED) is 0.398. The lowest BCUT2D eigenvalue weighted by atomic mass is 9.99. The molecule has 0 saturated carbocycles. The Kier molecular flexibility index (Phi) is 7.80. The van der Waals surface area contributed by atoms with Crippen LogP contribution in [0.2, 0.25) is 0 Å². The van der Waals surface area contributed by atoms with E-state index in [2.05, 4.69) is 74.5 Å². The molecule has 156 valence electrons. The highest BCUT2D eigenvalue weighted by molar-refractivity contribution is 5.66. The molecule has 2 heteroatoms. The highest BCUT2D eigenvalue weighted by Gasteiger charge is 2.06. The molecule has 0 aliphatic rings. The number of benzene rings is 4. The maximum absolute atomic E-state index is 6.29. The summed E-state index contributed by atoms with van der Waals surface area (Å²) >= 11 is 0. The molecule has 0 aliphatic heterocycles. The van der Waals surface area contributed by atoms with E-state index in [9.17, 15) is 0 Å². The third-order valence-electron chi connectivity index (χ3n) is 5.05. The van der Waals surface area contributed by atoms with Gasteiger partial charge in [-0.15, -0.1) is 0 Å². The molecule has 4 rings (SSSR count). The first kappa shape index (κ1) is 22.1. The number of nitrogens with two attached hydrogens (primary N) is 2. The highest BCUT2D eigenvalue weighted by atomic mass is 14.6. The zero-order valence-electron chi connectivity index (χ0n) is 18.2. The summed E-state index contributed by atoms with van der Waals surface area (Å²) in [7, 11) is 0. The molecule has 0 spiro atoms. The smallest absolute Gasteiger partial charge is 0.0504 e. The fourth-order valence-electron chi connectivity index (χ4n) is 3.27. The predicted octanol–water partition coefficient (Wildman–Crippen LogP) is 6.66. The van der Waals surface area contributed by atoms with Crippen LogP contribution in [0, 0.1) is 13.8 Å². The van der Waals surface area contributed by atoms with Gasteiger partial charge in [-0.2, -0.15) is 0 Å². The van der Waals surface area contributed by atoms with Gasteiger partial charge in [-0.1, -0.05) is 120 Å². The Balaban J connectivity index is 0.000000330. The summed E-state index contributed by atoms with van der Waals surface area (Å²) in [5.41, 5.74) is 20.2. The van der Waals surface area contributed by atoms with Crippen molar-refractivity contribution in [3.63, 3.8) is 0 Å². The summed E-state index contributed by atoms with van der Waals surface area (Å²) in [4.78, 5) is 0. The molecule has 4 N–H and O–H groups in total. The van der Waals surface area contributed by atoms with Gasteiger partial charge in [0.1, 0.15) is 0 Å². The van der Waals surface area contributed by atoms with Crippen LogP contribution in [-0.4, -0.2) is 0 Å². The van der Waals surface area contributed by atoms with Crippen LogP contribution >= 0.6 is 0 Å². The molecule has 31 heavy (non-hydrogen) atoms. The van der Waals surface area contributed by atoms with Crippen molar-refractivity contribution in [1.29, 1.82) is 0 Å². The second kappa shape index (κ2) is 11.0. The fourth-order valence-corrected chi connectivity index (χ4v) is 3.27. The lowest BCUT2D eigenvalue weighted by molar-refractivity contribution is 0.911. The Morgan fingerprint density at radius 2 is 1.23 bits per heavy atom. The first-order chi connectivity index (χ1) is 15.0. The van der Waals surface area contributed by atoms with Gasteiger partial charge in [0, 0.05) is 5.70 Å². The summed E-state index contributed by atoms with van der Waals surface area (Å²) in [6, 6.07) is 36.8. The van der Waals surface area contributed by atoms with Crippen LogP contribution in [0.5, 0.6) is 0 Å². The van der Waals surface area contributed by atoms with Gasteiger partial charge in [0.05, 0.1) is 6.04 Å². The second-order valence-corrected chi connectivity index (χ2v) is 7.66. The van der Waals surface area contributed by atoms with Crippen molar-refractivity contribution in [2.24, 2.45) is 11.5 Å². The molecule has 0 fully saturated rings. The van der Waals surface area contributed by atoms with Gasteiger partial charge in [0.25, 0.3) is 0 Å². The van der Waals surface area contributed by atoms with Crippen molar-refractivity contribution in [2.75, 3.05) is 0 Å². The van der Waals surface area contributed by atoms with E-state index in [4.69, 9.17) is 11.5 Å². The lowest BCUT2D eigenvalue weighted by Crippen LogP contribution is -2.10. The minimum absolute atomic E-state index is 0.225. The molecule has 0 aromatic heterocycles. The molecule has 1 atom stereocenters. The van der Waals surface area contributed by atoms with E-state index in [1.807, 2.05) is 54.6 Å². The summed E-state index contributed by atoms with van der Waals surface area (Å²) < 4.78 is 0. The van der Waals surface area contributed by atoms with Crippen molar-refractivity contribution in [1.82, 2.24) is 0 Å². The number of aryl methyl sites for hydroxylation is 2. The molecule has 0 radical (unpaired) electrons. The molecular formula is C29H30N2. The SMILES string of the molecule is Cc1cccc(-c2ccc(C(N)/C=C(\N)c3ccccc3)cc2)c1.Cc1ccccc1. The first-order valence-corrected chi connectivity index (χ1v) is 10.5. The van der Waals surface area contributed by atoms with E-state index in [-0.39, 0.29) is 6.04 Å². The summed E-state index contributed by atoms with van der Waals surface area (Å²) in [6.07, 6.45) is 1.90. The van der Waals surface area contributed by atoms with Crippen molar-refractivity contribution < 1.29 is 0 Å². The Bertz CT molecular complexity index is 1100. The zero-order valence-corrected chi connectivity index (χ0v) is 18.2. The maximum atomic E-state index is 6.29. The molecule has 4 aromatic carbocycles. The summed E-state index contributed by atoms with van der Waals surface area (Å²) in [5.74, 6) is 0. The van der Waals surface area contributed by atoms with Crippen molar-refractivity contribution >= 4 is 5.70 Å². The number of hydrogen-bond acceptors (Lipinski definition) is 2. The third kappa shape index (κ3) is 6.70. The average molecular weight is 407 g/mol. The van der Waals surface area contributed by atoms with Crippen molar-refractivity contribution in [3.05, 3.63) is 138 Å². The molecule has 4 aromatic rings. The van der Waals surface area contributed by atoms with Gasteiger partial charge in [-0.05, 0) is 42.2 Å². The van der Waals surface area contributed by atoms with Crippen LogP contribution in [0.15, 0.2) is 115 Å². The predicted molar refractivity (Wildman–Crippen MR) is 133 cm³/mol. The molecule has 0 aliphatic carbocycles. The Morgan fingerprint density at radius 1 is 0.645 bits per heavy atom. The minimum Gasteiger partial charge on any atom is -0.398 e. The zero-order chi connectivity index (χ0) is 22.1. The molecule has 1 unspecified atom stereocenters. The largest absolute Gasteiger partial charge is 0.398 e. The van der Waals surface area contributed by atoms with E-state index < -0.39 is 0 Å². The van der Waals surface area contributed by atoms with Gasteiger partial charge in [-0.3, -0.25) is 0 Å². The molecular weight excluding hydrogens is 376 g/mol. The van der Waals surface area contributed by atoms with Crippen LogP contribution in [0.4, 0.5) is 0 Å². The molecule has 0 saturated heterocycles. The Morgan fingerprint density at radius 3 is 1.77 bits per heavy atom. The van der Waals surface area contributed by atoms with Gasteiger partial charge in [0.15, 0.2) is 0 Å². The standard InChI is InChI=1S/C22H22N2.C7H8/c1-16-6-5-9-20(14-16)17-10-12-19(13-11-17)22(24)15-21(23)18-7-3-2-4-8-18;1-7-5-3-2-4-6-7/h2-15,22H,23-24H2,1H3;2-6H,1H3/b21-15-;. The van der Waals surface area contributed by atoms with Gasteiger partial charge in [0.2, 0.25) is 0 Å². The highest BCUT2D eigenvalue weighted by Crippen LogP contribution is 2.23. The van der Waals surface area contributed by atoms with E-state index in [1.165, 1.54) is 22.3 Å². The summed E-state index contributed by atoms with van der Waals surface area (Å²) in [6.45, 7) is 4.19. The van der Waals surface area contributed by atoms with Crippen molar-refractivity contribution in [3.8, 4) is 11.1 Å². The van der Waals surface area contributed by atoms with Crippen LogP contribution in [0.25, 0.3) is 16.8 Å². The van der Waals surface area contributed by atoms with Gasteiger partial charge < -0.3 is 11.5 Å². The monoisotopic (exact) mass is 406 g/mol. The average Bonchev–Trinajstić information content (AvgIpc) is 2.80. The van der Waals surface area contributed by atoms with Gasteiger partial charge >= 0.3 is 0 Å². The first-order valence-electron chi connectivity index (χ1n) is 10.5. The van der Waals surface area contributed by atoms with Crippen molar-refractivity contribution in [2.45, 2.75) is 19.9 Å². The maximum Gasteiger partial charge on any atom is 0.0504 e. The molecule has 0 heterocycles. The van der Waals surface area contributed by atoms with Crippen LogP contribution in [0.1, 0.15) is 28.3 Å². The molecule has 0 bridgehead atoms. The van der Waals surface area contributed by atoms with E-state index in [0.29, 0.717) is 5.70 Å². The Labute approximate surface area is 185 Å². The second-order valence-electron chi connectivity index (χ2n) is 7.66. The van der Waals surface area contributed by atoms with E-state index in [1.54, 1.807) is 0 Å². The minimum atomic E-state index is -0.225. The number of hydrogen-bond donors (Lipinski definition) is 2. The third-order valence-corrected chi connectivity index (χ3v) is 5.05. The molecule has 0 amide bonds. The fraction of sp³-hybridized carbons (Fsp3) is 0.103. The molecule has 2 nitrogen and oxygen atoms in total. The Hall–Kier alpha value is -3.62. The lowest BCUT2D eigenvalue weighted by Gasteiger charge is -2.11. The normalized spacial score (nSPS) is 11.9. The van der Waals surface area contributed by atoms with Gasteiger partial charge in [-0.25, -0.2) is 0 Å². The summed E-state index contributed by atoms with van der Waals surface area (Å²) in [5, 5.41) is 0. The number of rotatable bonds is 4.